The molecule has 0 spiro atoms. The second-order valence-electron chi connectivity index (χ2n) is 8.32. The molecule has 0 aliphatic carbocycles. The molecule has 34 heavy (non-hydrogen) atoms. The molecule has 0 aliphatic heterocycles. The van der Waals surface area contributed by atoms with Gasteiger partial charge in [0.05, 0.1) is 11.4 Å². The molecule has 0 bridgehead atoms. The molecule has 3 aromatic carbocycles. The summed E-state index contributed by atoms with van der Waals surface area (Å²) in [6, 6.07) is 21.1. The minimum atomic E-state index is -0.0214. The van der Waals surface area contributed by atoms with Crippen LogP contribution in [0, 0.1) is 13.8 Å². The molecule has 4 rings (SSSR count). The third-order valence-corrected chi connectivity index (χ3v) is 6.63. The van der Waals surface area contributed by atoms with Crippen molar-refractivity contribution in [1.29, 1.82) is 0 Å². The lowest BCUT2D eigenvalue weighted by atomic mass is 10.0. The molecule has 176 valence electrons. The average Bonchev–Trinajstić information content (AvgIpc) is 3.23. The lowest BCUT2D eigenvalue weighted by molar-refractivity contribution is -0.118. The van der Waals surface area contributed by atoms with Gasteiger partial charge in [-0.1, -0.05) is 71.9 Å². The van der Waals surface area contributed by atoms with E-state index in [0.29, 0.717) is 24.7 Å². The van der Waals surface area contributed by atoms with Crippen molar-refractivity contribution in [2.45, 2.75) is 31.8 Å². The van der Waals surface area contributed by atoms with Crippen LogP contribution in [-0.2, 0) is 16.0 Å². The predicted molar refractivity (Wildman–Crippen MR) is 138 cm³/mol. The Morgan fingerprint density at radius 2 is 1.88 bits per heavy atom. The fourth-order valence-electron chi connectivity index (χ4n) is 4.05. The fourth-order valence-corrected chi connectivity index (χ4v) is 4.84. The summed E-state index contributed by atoms with van der Waals surface area (Å²) in [5.74, 6) is 1.11. The van der Waals surface area contributed by atoms with Gasteiger partial charge in [0.2, 0.25) is 5.91 Å². The van der Waals surface area contributed by atoms with Gasteiger partial charge in [0.25, 0.3) is 0 Å². The molecule has 6 nitrogen and oxygen atoms in total. The van der Waals surface area contributed by atoms with Crippen molar-refractivity contribution in [3.8, 4) is 5.69 Å². The van der Waals surface area contributed by atoms with E-state index in [2.05, 4.69) is 94.6 Å². The van der Waals surface area contributed by atoms with Crippen LogP contribution in [0.4, 0.5) is 0 Å². The van der Waals surface area contributed by atoms with Crippen LogP contribution < -0.4 is 5.32 Å². The molecular weight excluding hydrogens is 444 g/mol. The zero-order valence-electron chi connectivity index (χ0n) is 19.9. The quantitative estimate of drug-likeness (QED) is 0.262. The van der Waals surface area contributed by atoms with E-state index in [4.69, 9.17) is 4.74 Å². The number of carbonyl (C=O) groups excluding carboxylic acids is 1. The van der Waals surface area contributed by atoms with Crippen molar-refractivity contribution in [2.75, 3.05) is 26.0 Å². The molecule has 0 saturated heterocycles. The second kappa shape index (κ2) is 11.3. The van der Waals surface area contributed by atoms with Crippen LogP contribution in [0.2, 0.25) is 0 Å². The molecule has 0 aliphatic rings. The lowest BCUT2D eigenvalue weighted by Gasteiger charge is -2.14. The molecule has 7 heteroatoms. The molecule has 0 saturated carbocycles. The first kappa shape index (κ1) is 24.0. The van der Waals surface area contributed by atoms with E-state index >= 15 is 0 Å². The van der Waals surface area contributed by atoms with E-state index in [-0.39, 0.29) is 11.7 Å². The number of aromatic nitrogens is 3. The monoisotopic (exact) mass is 474 g/mol. The highest BCUT2D eigenvalue weighted by Crippen LogP contribution is 2.28. The summed E-state index contributed by atoms with van der Waals surface area (Å²) in [6.07, 6.45) is 1.44. The van der Waals surface area contributed by atoms with Gasteiger partial charge in [-0.05, 0) is 48.2 Å². The summed E-state index contributed by atoms with van der Waals surface area (Å²) >= 11 is 1.41. The van der Waals surface area contributed by atoms with E-state index in [9.17, 15) is 4.79 Å². The van der Waals surface area contributed by atoms with Gasteiger partial charge in [0.15, 0.2) is 5.16 Å². The Bertz CT molecular complexity index is 1280. The lowest BCUT2D eigenvalue weighted by Crippen LogP contribution is -2.27. The first-order valence-corrected chi connectivity index (χ1v) is 12.4. The molecule has 1 heterocycles. The van der Waals surface area contributed by atoms with Gasteiger partial charge >= 0.3 is 0 Å². The van der Waals surface area contributed by atoms with Crippen LogP contribution in [0.15, 0.2) is 65.8 Å². The fraction of sp³-hybridized carbons (Fsp3) is 0.296. The minimum Gasteiger partial charge on any atom is -0.385 e. The molecule has 1 aromatic heterocycles. The maximum absolute atomic E-state index is 12.4. The van der Waals surface area contributed by atoms with E-state index in [0.717, 1.165) is 23.5 Å². The highest BCUT2D eigenvalue weighted by Gasteiger charge is 2.18. The first-order valence-electron chi connectivity index (χ1n) is 11.4. The molecule has 1 N–H and O–H groups in total. The van der Waals surface area contributed by atoms with Gasteiger partial charge in [-0.25, -0.2) is 0 Å². The molecular formula is C27H30N4O2S. The van der Waals surface area contributed by atoms with Crippen LogP contribution in [-0.4, -0.2) is 46.7 Å². The summed E-state index contributed by atoms with van der Waals surface area (Å²) in [6.45, 7) is 5.42. The van der Waals surface area contributed by atoms with Crippen LogP contribution >= 0.6 is 11.8 Å². The maximum atomic E-state index is 12.4. The van der Waals surface area contributed by atoms with Crippen LogP contribution in [0.5, 0.6) is 0 Å². The maximum Gasteiger partial charge on any atom is 0.230 e. The number of nitrogens with one attached hydrogen (secondary N) is 1. The number of nitrogens with zero attached hydrogens (tertiary/aromatic N) is 3. The SMILES string of the molecule is COCCCNC(=O)CSc1nnc(Cc2cccc3ccccc23)n1-c1ccc(C)cc1C. The summed E-state index contributed by atoms with van der Waals surface area (Å²) in [5, 5.41) is 15.1. The van der Waals surface area contributed by atoms with Crippen molar-refractivity contribution in [3.05, 3.63) is 83.2 Å². The normalized spacial score (nSPS) is 11.1. The number of aryl methyl sites for hydroxylation is 2. The Hall–Kier alpha value is -3.16. The number of amides is 1. The molecule has 0 unspecified atom stereocenters. The number of benzene rings is 3. The molecule has 0 radical (unpaired) electrons. The molecule has 0 fully saturated rings. The predicted octanol–water partition coefficient (Wildman–Crippen LogP) is 4.87. The Balaban J connectivity index is 1.63. The van der Waals surface area contributed by atoms with Crippen molar-refractivity contribution in [2.24, 2.45) is 0 Å². The number of methoxy groups -OCH3 is 1. The Morgan fingerprint density at radius 1 is 1.06 bits per heavy atom. The standard InChI is InChI=1S/C27H30N4O2S/c1-19-12-13-24(20(2)16-19)31-25(17-22-10-6-9-21-8-4-5-11-23(21)22)29-30-27(31)34-18-26(32)28-14-7-15-33-3/h4-6,8-13,16H,7,14-15,17-18H2,1-3H3,(H,28,32). The van der Waals surface area contributed by atoms with E-state index < -0.39 is 0 Å². The number of hydrogen-bond acceptors (Lipinski definition) is 5. The van der Waals surface area contributed by atoms with E-state index in [1.54, 1.807) is 7.11 Å². The smallest absolute Gasteiger partial charge is 0.230 e. The van der Waals surface area contributed by atoms with Gasteiger partial charge in [-0.3, -0.25) is 9.36 Å². The van der Waals surface area contributed by atoms with Crippen molar-refractivity contribution in [3.63, 3.8) is 0 Å². The molecule has 4 aromatic rings. The van der Waals surface area contributed by atoms with E-state index in [1.165, 1.54) is 33.7 Å². The number of rotatable bonds is 10. The zero-order valence-corrected chi connectivity index (χ0v) is 20.7. The summed E-state index contributed by atoms with van der Waals surface area (Å²) in [4.78, 5) is 12.4. The van der Waals surface area contributed by atoms with Crippen molar-refractivity contribution >= 4 is 28.4 Å². The Morgan fingerprint density at radius 3 is 2.71 bits per heavy atom. The van der Waals surface area contributed by atoms with Gasteiger partial charge in [0, 0.05) is 26.7 Å². The number of hydrogen-bond donors (Lipinski definition) is 1. The van der Waals surface area contributed by atoms with E-state index in [1.807, 2.05) is 0 Å². The highest BCUT2D eigenvalue weighted by molar-refractivity contribution is 7.99. The number of thioether (sulfide) groups is 1. The van der Waals surface area contributed by atoms with Gasteiger partial charge < -0.3 is 10.1 Å². The highest BCUT2D eigenvalue weighted by atomic mass is 32.2. The van der Waals surface area contributed by atoms with Gasteiger partial charge in [-0.2, -0.15) is 0 Å². The topological polar surface area (TPSA) is 69.0 Å². The summed E-state index contributed by atoms with van der Waals surface area (Å²) < 4.78 is 7.13. The second-order valence-corrected chi connectivity index (χ2v) is 9.27. The van der Waals surface area contributed by atoms with Crippen LogP contribution in [0.1, 0.15) is 28.9 Å². The van der Waals surface area contributed by atoms with Crippen LogP contribution in [0.25, 0.3) is 16.5 Å². The Kier molecular flexibility index (Phi) is 7.98. The van der Waals surface area contributed by atoms with Gasteiger partial charge in [-0.15, -0.1) is 10.2 Å². The third-order valence-electron chi connectivity index (χ3n) is 5.70. The largest absolute Gasteiger partial charge is 0.385 e. The number of ether oxygens (including phenoxy) is 1. The number of fused-ring (bicyclic) bond motifs is 1. The third kappa shape index (κ3) is 5.66. The molecule has 0 atom stereocenters. The summed E-state index contributed by atoms with van der Waals surface area (Å²) in [5.41, 5.74) is 4.58. The Labute approximate surface area is 204 Å². The zero-order chi connectivity index (χ0) is 23.9. The minimum absolute atomic E-state index is 0.0214. The summed E-state index contributed by atoms with van der Waals surface area (Å²) in [7, 11) is 1.66. The molecule has 1 amide bonds. The van der Waals surface area contributed by atoms with Crippen LogP contribution in [0.3, 0.4) is 0 Å². The van der Waals surface area contributed by atoms with Crippen molar-refractivity contribution in [1.82, 2.24) is 20.1 Å². The van der Waals surface area contributed by atoms with Gasteiger partial charge in [0.1, 0.15) is 5.82 Å². The van der Waals surface area contributed by atoms with Crippen molar-refractivity contribution < 1.29 is 9.53 Å². The average molecular weight is 475 g/mol. The number of carbonyl (C=O) groups is 1. The first-order chi connectivity index (χ1) is 16.6.